The first-order valence-corrected chi connectivity index (χ1v) is 12.3. The van der Waals surface area contributed by atoms with Crippen molar-refractivity contribution in [3.8, 4) is 22.5 Å². The number of alkyl halides is 3. The van der Waals surface area contributed by atoms with Crippen LogP contribution in [0.4, 0.5) is 19.0 Å². The number of fused-ring (bicyclic) bond motifs is 2. The number of thiophene rings is 1. The van der Waals surface area contributed by atoms with Gasteiger partial charge < -0.3 is 14.6 Å². The maximum Gasteiger partial charge on any atom is 0.435 e. The number of ether oxygens (including phenoxy) is 1. The van der Waals surface area contributed by atoms with E-state index in [4.69, 9.17) is 14.7 Å². The molecule has 12 heteroatoms. The lowest BCUT2D eigenvalue weighted by atomic mass is 10.0. The Hall–Kier alpha value is -3.51. The zero-order chi connectivity index (χ0) is 25.2. The minimum atomic E-state index is -4.60. The maximum atomic E-state index is 14.0. The molecule has 1 aliphatic rings. The predicted molar refractivity (Wildman–Crippen MR) is 132 cm³/mol. The Morgan fingerprint density at radius 2 is 2.03 bits per heavy atom. The van der Waals surface area contributed by atoms with Crippen molar-refractivity contribution < 1.29 is 17.9 Å². The van der Waals surface area contributed by atoms with E-state index in [0.29, 0.717) is 53.8 Å². The summed E-state index contributed by atoms with van der Waals surface area (Å²) in [5.74, 6) is 1.12. The van der Waals surface area contributed by atoms with Crippen LogP contribution >= 0.6 is 11.3 Å². The van der Waals surface area contributed by atoms with Gasteiger partial charge in [-0.15, -0.1) is 11.3 Å². The fourth-order valence-corrected chi connectivity index (χ4v) is 5.72. The predicted octanol–water partition coefficient (Wildman–Crippen LogP) is 5.19. The van der Waals surface area contributed by atoms with Crippen molar-refractivity contribution in [3.63, 3.8) is 0 Å². The summed E-state index contributed by atoms with van der Waals surface area (Å²) < 4.78 is 49.6. The van der Waals surface area contributed by atoms with E-state index in [2.05, 4.69) is 20.0 Å². The second kappa shape index (κ2) is 8.27. The van der Waals surface area contributed by atoms with E-state index in [1.54, 1.807) is 24.7 Å². The number of halogens is 3. The molecule has 0 unspecified atom stereocenters. The average molecular weight is 514 g/mol. The summed E-state index contributed by atoms with van der Waals surface area (Å²) in [6.45, 7) is 5.39. The topological polar surface area (TPSA) is 84.8 Å². The number of hydrogen-bond acceptors (Lipinski definition) is 7. The summed E-state index contributed by atoms with van der Waals surface area (Å²) in [5, 5.41) is 6.36. The molecule has 5 aromatic heterocycles. The van der Waals surface area contributed by atoms with Gasteiger partial charge in [-0.3, -0.25) is 4.68 Å². The molecule has 36 heavy (non-hydrogen) atoms. The average Bonchev–Trinajstić information content (AvgIpc) is 3.56. The number of hydrogen-bond donors (Lipinski definition) is 1. The van der Waals surface area contributed by atoms with E-state index in [1.807, 2.05) is 19.1 Å². The molecule has 0 amide bonds. The van der Waals surface area contributed by atoms with E-state index >= 15 is 0 Å². The molecule has 1 atom stereocenters. The fourth-order valence-electron chi connectivity index (χ4n) is 4.72. The van der Waals surface area contributed by atoms with Crippen LogP contribution in [-0.2, 0) is 18.0 Å². The summed E-state index contributed by atoms with van der Waals surface area (Å²) >= 11 is 1.35. The first kappa shape index (κ1) is 22.9. The molecule has 6 rings (SSSR count). The molecule has 0 radical (unpaired) electrons. The van der Waals surface area contributed by atoms with Gasteiger partial charge in [0, 0.05) is 59.1 Å². The highest BCUT2D eigenvalue weighted by Crippen LogP contribution is 2.45. The largest absolute Gasteiger partial charge is 0.435 e. The van der Waals surface area contributed by atoms with Crippen molar-refractivity contribution >= 4 is 38.4 Å². The number of morpholine rings is 1. The first-order valence-electron chi connectivity index (χ1n) is 11.4. The number of aryl methyl sites for hydroxylation is 1. The van der Waals surface area contributed by atoms with Crippen LogP contribution in [0.5, 0.6) is 0 Å². The van der Waals surface area contributed by atoms with Crippen LogP contribution < -0.4 is 4.90 Å². The van der Waals surface area contributed by atoms with E-state index in [0.717, 1.165) is 15.6 Å². The summed E-state index contributed by atoms with van der Waals surface area (Å²) in [6.07, 6.45) is -1.15. The zero-order valence-electron chi connectivity index (χ0n) is 19.7. The molecule has 1 aliphatic heterocycles. The number of aromatic nitrogens is 6. The third-order valence-corrected chi connectivity index (χ3v) is 7.58. The molecule has 0 bridgehead atoms. The highest BCUT2D eigenvalue weighted by Gasteiger charge is 2.39. The third kappa shape index (κ3) is 3.54. The molecule has 0 aliphatic carbocycles. The van der Waals surface area contributed by atoms with Gasteiger partial charge in [0.2, 0.25) is 0 Å². The van der Waals surface area contributed by atoms with Gasteiger partial charge in [-0.2, -0.15) is 18.3 Å². The molecule has 1 saturated heterocycles. The minimum Gasteiger partial charge on any atom is -0.377 e. The second-order valence-corrected chi connectivity index (χ2v) is 9.72. The van der Waals surface area contributed by atoms with E-state index in [-0.39, 0.29) is 11.6 Å². The van der Waals surface area contributed by atoms with Crippen molar-refractivity contribution in [2.24, 2.45) is 7.05 Å². The molecule has 186 valence electrons. The molecule has 0 spiro atoms. The first-order chi connectivity index (χ1) is 17.2. The third-order valence-electron chi connectivity index (χ3n) is 6.61. The molecule has 1 N–H and O–H groups in total. The molecular weight excluding hydrogens is 491 g/mol. The Bertz CT molecular complexity index is 1600. The molecule has 8 nitrogen and oxygen atoms in total. The molecular formula is C24H22F3N7OS. The lowest BCUT2D eigenvalue weighted by molar-refractivity contribution is -0.140. The van der Waals surface area contributed by atoms with Crippen LogP contribution in [0.1, 0.15) is 18.3 Å². The van der Waals surface area contributed by atoms with E-state index < -0.39 is 11.9 Å². The lowest BCUT2D eigenvalue weighted by Gasteiger charge is -2.34. The molecule has 0 saturated carbocycles. The number of pyridine rings is 1. The second-order valence-electron chi connectivity index (χ2n) is 8.84. The molecule has 6 heterocycles. The quantitative estimate of drug-likeness (QED) is 0.358. The van der Waals surface area contributed by atoms with Gasteiger partial charge >= 0.3 is 6.18 Å². The Balaban J connectivity index is 1.66. The number of anilines is 1. The van der Waals surface area contributed by atoms with Crippen LogP contribution in [0.2, 0.25) is 0 Å². The van der Waals surface area contributed by atoms with Crippen molar-refractivity contribution in [1.29, 1.82) is 0 Å². The van der Waals surface area contributed by atoms with Crippen LogP contribution in [0.15, 0.2) is 29.9 Å². The van der Waals surface area contributed by atoms with E-state index in [1.165, 1.54) is 23.1 Å². The number of nitrogens with zero attached hydrogens (tertiary/aromatic N) is 6. The van der Waals surface area contributed by atoms with Gasteiger partial charge in [0.25, 0.3) is 0 Å². The summed E-state index contributed by atoms with van der Waals surface area (Å²) in [7, 11) is 1.52. The standard InChI is InChI=1S/C24H22F3N7OS/c1-12-10-35-9-8-34(12)23-19-18(30-22(31-23)15-5-7-29-21-14(15)4-6-28-21)16(11-36-19)17-13(2)33(3)32-20(17)24(25,26)27/h4-7,11-12H,8-10H2,1-3H3,(H,28,29)/t12-/m1/s1. The smallest absolute Gasteiger partial charge is 0.377 e. The number of aromatic amines is 1. The summed E-state index contributed by atoms with van der Waals surface area (Å²) in [5.41, 5.74) is 1.86. The van der Waals surface area contributed by atoms with Crippen LogP contribution in [0.3, 0.4) is 0 Å². The molecule has 1 fully saturated rings. The van der Waals surface area contributed by atoms with Crippen LogP contribution in [0, 0.1) is 6.92 Å². The number of H-pyrrole nitrogens is 1. The number of nitrogens with one attached hydrogen (secondary N) is 1. The van der Waals surface area contributed by atoms with Gasteiger partial charge in [0.1, 0.15) is 5.65 Å². The van der Waals surface area contributed by atoms with Crippen molar-refractivity contribution in [2.45, 2.75) is 26.1 Å². The minimum absolute atomic E-state index is 0.0448. The van der Waals surface area contributed by atoms with Crippen molar-refractivity contribution in [2.75, 3.05) is 24.7 Å². The van der Waals surface area contributed by atoms with Crippen LogP contribution in [-0.4, -0.2) is 55.5 Å². The lowest BCUT2D eigenvalue weighted by Crippen LogP contribution is -2.44. The van der Waals surface area contributed by atoms with Gasteiger partial charge in [-0.05, 0) is 26.0 Å². The fraction of sp³-hybridized carbons (Fsp3) is 0.333. The molecule has 0 aromatic carbocycles. The van der Waals surface area contributed by atoms with Gasteiger partial charge in [-0.1, -0.05) is 0 Å². The monoisotopic (exact) mass is 513 g/mol. The van der Waals surface area contributed by atoms with E-state index in [9.17, 15) is 13.2 Å². The Kier molecular flexibility index (Phi) is 5.27. The van der Waals surface area contributed by atoms with Gasteiger partial charge in [0.05, 0.1) is 29.5 Å². The van der Waals surface area contributed by atoms with Crippen LogP contribution in [0.25, 0.3) is 43.8 Å². The Labute approximate surface area is 207 Å². The van der Waals surface area contributed by atoms with Gasteiger partial charge in [0.15, 0.2) is 17.3 Å². The maximum absolute atomic E-state index is 14.0. The molecule has 5 aromatic rings. The Morgan fingerprint density at radius 1 is 1.19 bits per heavy atom. The highest BCUT2D eigenvalue weighted by molar-refractivity contribution is 7.18. The van der Waals surface area contributed by atoms with Gasteiger partial charge in [-0.25, -0.2) is 15.0 Å². The summed E-state index contributed by atoms with van der Waals surface area (Å²) in [4.78, 5) is 19.4. The SMILES string of the molecule is Cc1c(-c2csc3c(N4CCOC[C@H]4C)nc(-c4ccnc5[nH]ccc45)nc23)c(C(F)(F)F)nn1C. The van der Waals surface area contributed by atoms with Crippen molar-refractivity contribution in [3.05, 3.63) is 41.3 Å². The van der Waals surface area contributed by atoms with Crippen molar-refractivity contribution in [1.82, 2.24) is 29.7 Å². The summed E-state index contributed by atoms with van der Waals surface area (Å²) in [6, 6.07) is 3.77. The normalized spacial score (nSPS) is 16.9. The zero-order valence-corrected chi connectivity index (χ0v) is 20.5. The Morgan fingerprint density at radius 3 is 2.81 bits per heavy atom. The highest BCUT2D eigenvalue weighted by atomic mass is 32.1. The number of rotatable bonds is 3.